The molecule has 3 nitrogen and oxygen atoms in total. The zero-order valence-electron chi connectivity index (χ0n) is 12.1. The van der Waals surface area contributed by atoms with Gasteiger partial charge in [-0.3, -0.25) is 5.10 Å². The van der Waals surface area contributed by atoms with Crippen molar-refractivity contribution in [3.8, 4) is 11.3 Å². The molecule has 0 radical (unpaired) electrons. The Morgan fingerprint density at radius 1 is 1.05 bits per heavy atom. The highest BCUT2D eigenvalue weighted by atomic mass is 15.1. The Kier molecular flexibility index (Phi) is 4.05. The first kappa shape index (κ1) is 13.2. The van der Waals surface area contributed by atoms with Crippen molar-refractivity contribution in [3.05, 3.63) is 36.5 Å². The number of H-pyrrole nitrogens is 1. The molecule has 1 fully saturated rings. The van der Waals surface area contributed by atoms with Gasteiger partial charge >= 0.3 is 0 Å². The van der Waals surface area contributed by atoms with Crippen LogP contribution in [-0.2, 0) is 0 Å². The van der Waals surface area contributed by atoms with Crippen molar-refractivity contribution in [3.63, 3.8) is 0 Å². The third-order valence-corrected chi connectivity index (χ3v) is 4.32. The summed E-state index contributed by atoms with van der Waals surface area (Å²) in [7, 11) is 0. The smallest absolute Gasteiger partial charge is 0.0650 e. The van der Waals surface area contributed by atoms with Crippen LogP contribution in [0.25, 0.3) is 11.3 Å². The molecule has 2 N–H and O–H groups in total. The summed E-state index contributed by atoms with van der Waals surface area (Å²) in [4.78, 5) is 0. The first-order chi connectivity index (χ1) is 9.81. The summed E-state index contributed by atoms with van der Waals surface area (Å²) in [6.07, 6.45) is 8.47. The maximum absolute atomic E-state index is 3.99. The molecule has 2 atom stereocenters. The van der Waals surface area contributed by atoms with Gasteiger partial charge in [0, 0.05) is 17.9 Å². The third-order valence-electron chi connectivity index (χ3n) is 4.32. The van der Waals surface area contributed by atoms with Gasteiger partial charge in [-0.15, -0.1) is 0 Å². The molecule has 106 valence electrons. The van der Waals surface area contributed by atoms with E-state index in [-0.39, 0.29) is 0 Å². The summed E-state index contributed by atoms with van der Waals surface area (Å²) >= 11 is 0. The van der Waals surface area contributed by atoms with Crippen LogP contribution in [0.1, 0.15) is 39.0 Å². The van der Waals surface area contributed by atoms with Gasteiger partial charge in [-0.05, 0) is 48.9 Å². The van der Waals surface area contributed by atoms with Gasteiger partial charge in [-0.1, -0.05) is 31.9 Å². The van der Waals surface area contributed by atoms with Crippen LogP contribution in [-0.4, -0.2) is 16.2 Å². The molecule has 0 aliphatic heterocycles. The van der Waals surface area contributed by atoms with E-state index in [9.17, 15) is 0 Å². The zero-order chi connectivity index (χ0) is 13.8. The maximum Gasteiger partial charge on any atom is 0.0650 e. The van der Waals surface area contributed by atoms with Gasteiger partial charge in [-0.2, -0.15) is 5.10 Å². The number of nitrogens with one attached hydrogen (secondary N) is 2. The standard InChI is InChI=1S/C17H23N3/c1-13-3-2-4-15(8-5-13)19-16-9-6-14(7-10-16)17-11-12-18-20-17/h6-7,9-13,15,19H,2-5,8H2,1H3,(H,18,20). The Bertz CT molecular complexity index is 516. The Hall–Kier alpha value is -1.77. The number of anilines is 1. The fourth-order valence-electron chi connectivity index (χ4n) is 3.03. The van der Waals surface area contributed by atoms with Gasteiger partial charge in [0.05, 0.1) is 5.69 Å². The number of benzene rings is 1. The third kappa shape index (κ3) is 3.21. The molecule has 3 rings (SSSR count). The average Bonchev–Trinajstić information content (AvgIpc) is 2.92. The number of aromatic amines is 1. The molecular weight excluding hydrogens is 246 g/mol. The summed E-state index contributed by atoms with van der Waals surface area (Å²) < 4.78 is 0. The molecule has 0 spiro atoms. The van der Waals surface area contributed by atoms with E-state index in [0.29, 0.717) is 6.04 Å². The molecule has 1 saturated carbocycles. The fourth-order valence-corrected chi connectivity index (χ4v) is 3.03. The van der Waals surface area contributed by atoms with Crippen LogP contribution in [0.5, 0.6) is 0 Å². The van der Waals surface area contributed by atoms with Gasteiger partial charge < -0.3 is 5.32 Å². The van der Waals surface area contributed by atoms with E-state index in [2.05, 4.69) is 46.7 Å². The Balaban J connectivity index is 1.63. The Morgan fingerprint density at radius 3 is 2.65 bits per heavy atom. The SMILES string of the molecule is CC1CCCC(Nc2ccc(-c3ccn[nH]3)cc2)CC1. The average molecular weight is 269 g/mol. The minimum atomic E-state index is 0.637. The van der Waals surface area contributed by atoms with Crippen molar-refractivity contribution in [1.29, 1.82) is 0 Å². The van der Waals surface area contributed by atoms with Gasteiger partial charge in [0.1, 0.15) is 0 Å². The lowest BCUT2D eigenvalue weighted by Crippen LogP contribution is -2.18. The number of aromatic nitrogens is 2. The van der Waals surface area contributed by atoms with E-state index < -0.39 is 0 Å². The topological polar surface area (TPSA) is 40.7 Å². The van der Waals surface area contributed by atoms with E-state index in [1.54, 1.807) is 6.20 Å². The Labute approximate surface area is 120 Å². The summed E-state index contributed by atoms with van der Waals surface area (Å²) in [6, 6.07) is 11.3. The second-order valence-electron chi connectivity index (χ2n) is 6.00. The number of hydrogen-bond donors (Lipinski definition) is 2. The molecule has 0 amide bonds. The quantitative estimate of drug-likeness (QED) is 0.808. The first-order valence-electron chi connectivity index (χ1n) is 7.67. The van der Waals surface area contributed by atoms with Crippen LogP contribution < -0.4 is 5.32 Å². The molecule has 2 aromatic rings. The number of rotatable bonds is 3. The number of hydrogen-bond acceptors (Lipinski definition) is 2. The van der Waals surface area contributed by atoms with Crippen LogP contribution >= 0.6 is 0 Å². The van der Waals surface area contributed by atoms with Gasteiger partial charge in [0.25, 0.3) is 0 Å². The highest BCUT2D eigenvalue weighted by molar-refractivity contribution is 5.62. The van der Waals surface area contributed by atoms with Crippen LogP contribution in [0.15, 0.2) is 36.5 Å². The summed E-state index contributed by atoms with van der Waals surface area (Å²) in [5, 5.41) is 10.7. The normalized spacial score (nSPS) is 23.2. The van der Waals surface area contributed by atoms with E-state index in [0.717, 1.165) is 11.6 Å². The minimum Gasteiger partial charge on any atom is -0.382 e. The second kappa shape index (κ2) is 6.12. The predicted octanol–water partition coefficient (Wildman–Crippen LogP) is 4.46. The van der Waals surface area contributed by atoms with Gasteiger partial charge in [0.2, 0.25) is 0 Å². The van der Waals surface area contributed by atoms with Crippen molar-refractivity contribution in [2.24, 2.45) is 5.92 Å². The molecule has 1 heterocycles. The first-order valence-corrected chi connectivity index (χ1v) is 7.67. The van der Waals surface area contributed by atoms with Gasteiger partial charge in [-0.25, -0.2) is 0 Å². The highest BCUT2D eigenvalue weighted by Crippen LogP contribution is 2.26. The van der Waals surface area contributed by atoms with Gasteiger partial charge in [0.15, 0.2) is 0 Å². The molecule has 0 bridgehead atoms. The van der Waals surface area contributed by atoms with E-state index in [1.807, 2.05) is 6.07 Å². The molecule has 1 aliphatic rings. The molecule has 1 aromatic carbocycles. The van der Waals surface area contributed by atoms with Crippen molar-refractivity contribution in [2.45, 2.75) is 45.1 Å². The second-order valence-corrected chi connectivity index (χ2v) is 6.00. The van der Waals surface area contributed by atoms with E-state index >= 15 is 0 Å². The molecule has 0 saturated heterocycles. The van der Waals surface area contributed by atoms with E-state index in [4.69, 9.17) is 0 Å². The molecule has 20 heavy (non-hydrogen) atoms. The fraction of sp³-hybridized carbons (Fsp3) is 0.471. The lowest BCUT2D eigenvalue weighted by Gasteiger charge is -2.18. The predicted molar refractivity (Wildman–Crippen MR) is 83.7 cm³/mol. The highest BCUT2D eigenvalue weighted by Gasteiger charge is 2.15. The summed E-state index contributed by atoms with van der Waals surface area (Å²) in [6.45, 7) is 2.38. The summed E-state index contributed by atoms with van der Waals surface area (Å²) in [5.41, 5.74) is 3.48. The van der Waals surface area contributed by atoms with Crippen LogP contribution in [0, 0.1) is 5.92 Å². The largest absolute Gasteiger partial charge is 0.382 e. The van der Waals surface area contributed by atoms with Crippen molar-refractivity contribution < 1.29 is 0 Å². The molecule has 1 aromatic heterocycles. The van der Waals surface area contributed by atoms with Crippen LogP contribution in [0.3, 0.4) is 0 Å². The lowest BCUT2D eigenvalue weighted by molar-refractivity contribution is 0.502. The monoisotopic (exact) mass is 269 g/mol. The molecule has 2 unspecified atom stereocenters. The molecular formula is C17H23N3. The van der Waals surface area contributed by atoms with Crippen LogP contribution in [0.2, 0.25) is 0 Å². The molecule has 3 heteroatoms. The maximum atomic E-state index is 3.99. The van der Waals surface area contributed by atoms with Crippen molar-refractivity contribution >= 4 is 5.69 Å². The van der Waals surface area contributed by atoms with Crippen molar-refractivity contribution in [1.82, 2.24) is 10.2 Å². The molecule has 1 aliphatic carbocycles. The lowest BCUT2D eigenvalue weighted by atomic mass is 10.0. The Morgan fingerprint density at radius 2 is 1.90 bits per heavy atom. The summed E-state index contributed by atoms with van der Waals surface area (Å²) in [5.74, 6) is 0.893. The minimum absolute atomic E-state index is 0.637. The van der Waals surface area contributed by atoms with Crippen LogP contribution in [0.4, 0.5) is 5.69 Å². The zero-order valence-corrected chi connectivity index (χ0v) is 12.1. The van der Waals surface area contributed by atoms with E-state index in [1.165, 1.54) is 43.4 Å². The van der Waals surface area contributed by atoms with Crippen molar-refractivity contribution in [2.75, 3.05) is 5.32 Å². The number of nitrogens with zero attached hydrogens (tertiary/aromatic N) is 1.